The van der Waals surface area contributed by atoms with Gasteiger partial charge in [0.1, 0.15) is 5.75 Å². The maximum atomic E-state index is 13.6. The average molecular weight is 242 g/mol. The minimum Gasteiger partial charge on any atom is -0.454 e. The molecule has 2 aromatic rings. The lowest BCUT2D eigenvalue weighted by molar-refractivity contribution is 0.440. The fraction of sp³-hybridized carbons (Fsp3) is 0.0714. The van der Waals surface area contributed by atoms with Crippen molar-refractivity contribution >= 4 is 5.69 Å². The van der Waals surface area contributed by atoms with Crippen LogP contribution in [0, 0.1) is 24.1 Å². The fourth-order valence-corrected chi connectivity index (χ4v) is 1.55. The van der Waals surface area contributed by atoms with Crippen molar-refractivity contribution in [2.24, 2.45) is 0 Å². The zero-order valence-electron chi connectivity index (χ0n) is 9.77. The molecule has 0 aliphatic carbocycles. The maximum Gasteiger partial charge on any atom is 0.167 e. The number of nitriles is 1. The Morgan fingerprint density at radius 1 is 1.17 bits per heavy atom. The number of nitrogens with two attached hydrogens (primary N) is 1. The van der Waals surface area contributed by atoms with Crippen molar-refractivity contribution in [3.05, 3.63) is 53.3 Å². The van der Waals surface area contributed by atoms with E-state index in [0.717, 1.165) is 5.56 Å². The molecule has 2 N–H and O–H groups in total. The number of benzene rings is 2. The summed E-state index contributed by atoms with van der Waals surface area (Å²) in [5.74, 6) is 0.105. The molecule has 0 aliphatic heterocycles. The molecule has 0 atom stereocenters. The second-order valence-corrected chi connectivity index (χ2v) is 3.88. The lowest BCUT2D eigenvalue weighted by Gasteiger charge is -2.09. The van der Waals surface area contributed by atoms with E-state index in [4.69, 9.17) is 15.7 Å². The van der Waals surface area contributed by atoms with Crippen LogP contribution in [0.15, 0.2) is 36.4 Å². The van der Waals surface area contributed by atoms with E-state index < -0.39 is 5.82 Å². The Labute approximate surface area is 104 Å². The van der Waals surface area contributed by atoms with Gasteiger partial charge in [0.25, 0.3) is 0 Å². The monoisotopic (exact) mass is 242 g/mol. The van der Waals surface area contributed by atoms with E-state index in [-0.39, 0.29) is 5.75 Å². The molecule has 2 rings (SSSR count). The van der Waals surface area contributed by atoms with Gasteiger partial charge in [-0.3, -0.25) is 0 Å². The Bertz CT molecular complexity index is 632. The first-order valence-corrected chi connectivity index (χ1v) is 5.34. The summed E-state index contributed by atoms with van der Waals surface area (Å²) in [5.41, 5.74) is 7.11. The van der Waals surface area contributed by atoms with Gasteiger partial charge in [0, 0.05) is 11.8 Å². The Morgan fingerprint density at radius 3 is 2.50 bits per heavy atom. The van der Waals surface area contributed by atoms with Gasteiger partial charge in [-0.2, -0.15) is 5.26 Å². The van der Waals surface area contributed by atoms with Gasteiger partial charge in [-0.15, -0.1) is 0 Å². The number of aryl methyl sites for hydroxylation is 1. The molecule has 3 nitrogen and oxygen atoms in total. The van der Waals surface area contributed by atoms with Gasteiger partial charge in [0.2, 0.25) is 0 Å². The number of halogens is 1. The highest BCUT2D eigenvalue weighted by atomic mass is 19.1. The van der Waals surface area contributed by atoms with E-state index in [0.29, 0.717) is 17.0 Å². The molecular weight excluding hydrogens is 231 g/mol. The number of nitrogen functional groups attached to an aromatic ring is 1. The lowest BCUT2D eigenvalue weighted by atomic mass is 10.1. The van der Waals surface area contributed by atoms with Gasteiger partial charge in [-0.05, 0) is 42.8 Å². The van der Waals surface area contributed by atoms with E-state index in [1.807, 2.05) is 6.07 Å². The van der Waals surface area contributed by atoms with Crippen LogP contribution in [0.25, 0.3) is 0 Å². The van der Waals surface area contributed by atoms with Crippen LogP contribution >= 0.6 is 0 Å². The van der Waals surface area contributed by atoms with Gasteiger partial charge in [-0.1, -0.05) is 0 Å². The molecule has 4 heteroatoms. The standard InChI is InChI=1S/C14H11FN2O/c1-9-6-10(8-16)2-4-13(9)18-14-5-3-11(17)7-12(14)15/h2-7H,17H2,1H3. The van der Waals surface area contributed by atoms with Gasteiger partial charge in [-0.25, -0.2) is 4.39 Å². The van der Waals surface area contributed by atoms with E-state index >= 15 is 0 Å². The molecular formula is C14H11FN2O. The number of hydrogen-bond acceptors (Lipinski definition) is 3. The Kier molecular flexibility index (Phi) is 3.16. The Balaban J connectivity index is 2.32. The first-order valence-electron chi connectivity index (χ1n) is 5.34. The summed E-state index contributed by atoms with van der Waals surface area (Å²) in [6, 6.07) is 11.2. The minimum absolute atomic E-state index is 0.108. The molecule has 18 heavy (non-hydrogen) atoms. The predicted molar refractivity (Wildman–Crippen MR) is 66.8 cm³/mol. The molecule has 0 heterocycles. The zero-order chi connectivity index (χ0) is 13.1. The highest BCUT2D eigenvalue weighted by molar-refractivity contribution is 5.46. The summed E-state index contributed by atoms with van der Waals surface area (Å²) < 4.78 is 19.0. The topological polar surface area (TPSA) is 59.0 Å². The third kappa shape index (κ3) is 2.41. The number of anilines is 1. The fourth-order valence-electron chi connectivity index (χ4n) is 1.55. The third-order valence-electron chi connectivity index (χ3n) is 2.48. The summed E-state index contributed by atoms with van der Waals surface area (Å²) in [7, 11) is 0. The molecule has 0 saturated heterocycles. The quantitative estimate of drug-likeness (QED) is 0.821. The van der Waals surface area contributed by atoms with Crippen LogP contribution in [0.5, 0.6) is 11.5 Å². The second kappa shape index (κ2) is 4.76. The Morgan fingerprint density at radius 2 is 1.89 bits per heavy atom. The first-order chi connectivity index (χ1) is 8.60. The summed E-state index contributed by atoms with van der Waals surface area (Å²) in [6.45, 7) is 1.80. The molecule has 0 aliphatic rings. The van der Waals surface area contributed by atoms with Crippen molar-refractivity contribution in [1.82, 2.24) is 0 Å². The summed E-state index contributed by atoms with van der Waals surface area (Å²) >= 11 is 0. The molecule has 0 saturated carbocycles. The first kappa shape index (κ1) is 11.9. The lowest BCUT2D eigenvalue weighted by Crippen LogP contribution is -1.93. The summed E-state index contributed by atoms with van der Waals surface area (Å²) in [4.78, 5) is 0. The number of nitrogens with zero attached hydrogens (tertiary/aromatic N) is 1. The largest absolute Gasteiger partial charge is 0.454 e. The molecule has 0 unspecified atom stereocenters. The van der Waals surface area contributed by atoms with Crippen molar-refractivity contribution in [2.75, 3.05) is 5.73 Å². The van der Waals surface area contributed by atoms with Crippen LogP contribution in [0.2, 0.25) is 0 Å². The second-order valence-electron chi connectivity index (χ2n) is 3.88. The molecule has 0 bridgehead atoms. The molecule has 90 valence electrons. The molecule has 0 radical (unpaired) electrons. The third-order valence-corrected chi connectivity index (χ3v) is 2.48. The van der Waals surface area contributed by atoms with Crippen molar-refractivity contribution in [3.8, 4) is 17.6 Å². The van der Waals surface area contributed by atoms with Crippen LogP contribution in [0.4, 0.5) is 10.1 Å². The van der Waals surface area contributed by atoms with Gasteiger partial charge >= 0.3 is 0 Å². The smallest absolute Gasteiger partial charge is 0.167 e. The molecule has 0 fully saturated rings. The zero-order valence-corrected chi connectivity index (χ0v) is 9.77. The maximum absolute atomic E-state index is 13.6. The normalized spacial score (nSPS) is 9.83. The summed E-state index contributed by atoms with van der Waals surface area (Å²) in [5, 5.41) is 8.75. The van der Waals surface area contributed by atoms with Gasteiger partial charge in [0.15, 0.2) is 11.6 Å². The SMILES string of the molecule is Cc1cc(C#N)ccc1Oc1ccc(N)cc1F. The average Bonchev–Trinajstić information content (AvgIpc) is 2.34. The van der Waals surface area contributed by atoms with Crippen LogP contribution in [-0.2, 0) is 0 Å². The van der Waals surface area contributed by atoms with Crippen LogP contribution in [0.3, 0.4) is 0 Å². The highest BCUT2D eigenvalue weighted by Crippen LogP contribution is 2.28. The van der Waals surface area contributed by atoms with Crippen molar-refractivity contribution < 1.29 is 9.13 Å². The molecule has 0 aromatic heterocycles. The van der Waals surface area contributed by atoms with E-state index in [9.17, 15) is 4.39 Å². The predicted octanol–water partition coefficient (Wildman–Crippen LogP) is 3.38. The summed E-state index contributed by atoms with van der Waals surface area (Å²) in [6.07, 6.45) is 0. The van der Waals surface area contributed by atoms with E-state index in [2.05, 4.69) is 0 Å². The number of ether oxygens (including phenoxy) is 1. The highest BCUT2D eigenvalue weighted by Gasteiger charge is 2.07. The van der Waals surface area contributed by atoms with Crippen molar-refractivity contribution in [3.63, 3.8) is 0 Å². The van der Waals surface area contributed by atoms with Crippen molar-refractivity contribution in [1.29, 1.82) is 5.26 Å². The minimum atomic E-state index is -0.515. The van der Waals surface area contributed by atoms with Crippen LogP contribution in [-0.4, -0.2) is 0 Å². The van der Waals surface area contributed by atoms with Gasteiger partial charge in [0.05, 0.1) is 11.6 Å². The van der Waals surface area contributed by atoms with E-state index in [1.54, 1.807) is 31.2 Å². The van der Waals surface area contributed by atoms with E-state index in [1.165, 1.54) is 12.1 Å². The Hall–Kier alpha value is -2.54. The van der Waals surface area contributed by atoms with Gasteiger partial charge < -0.3 is 10.5 Å². The number of hydrogen-bond donors (Lipinski definition) is 1. The number of rotatable bonds is 2. The van der Waals surface area contributed by atoms with Crippen molar-refractivity contribution in [2.45, 2.75) is 6.92 Å². The van der Waals surface area contributed by atoms with Crippen LogP contribution in [0.1, 0.15) is 11.1 Å². The molecule has 0 amide bonds. The van der Waals surface area contributed by atoms with Crippen LogP contribution < -0.4 is 10.5 Å². The molecule has 2 aromatic carbocycles. The molecule has 0 spiro atoms.